The number of rotatable bonds is 21. The number of aliphatic hydroxyl groups is 1. The number of carbonyl (C=O) groups excluding carboxylic acids is 3. The zero-order valence-corrected chi connectivity index (χ0v) is 49.3. The average Bonchev–Trinajstić information content (AvgIpc) is 3.07. The summed E-state index contributed by atoms with van der Waals surface area (Å²) >= 11 is 2.13. The number of thioether (sulfide) groups is 1. The highest BCUT2D eigenvalue weighted by molar-refractivity contribution is 7.99. The van der Waals surface area contributed by atoms with Gasteiger partial charge >= 0.3 is 17.9 Å². The minimum absolute atomic E-state index is 0. The summed E-state index contributed by atoms with van der Waals surface area (Å²) in [6.07, 6.45) is 5.75. The van der Waals surface area contributed by atoms with Crippen LogP contribution in [0, 0.1) is 28.6 Å². The molecular weight excluding hydrogens is 867 g/mol. The van der Waals surface area contributed by atoms with E-state index in [-0.39, 0.29) is 65.6 Å². The van der Waals surface area contributed by atoms with Gasteiger partial charge in [0.05, 0.1) is 48.0 Å². The van der Waals surface area contributed by atoms with Gasteiger partial charge in [0, 0.05) is 25.5 Å². The Morgan fingerprint density at radius 2 is 0.896 bits per heavy atom. The van der Waals surface area contributed by atoms with Gasteiger partial charge in [0.2, 0.25) is 6.29 Å². The molecule has 0 aliphatic rings. The number of aliphatic hydroxyl groups excluding tert-OH is 1. The van der Waals surface area contributed by atoms with Crippen LogP contribution in [0.4, 0.5) is 0 Å². The van der Waals surface area contributed by atoms with Gasteiger partial charge in [-0.2, -0.15) is 11.8 Å². The van der Waals surface area contributed by atoms with E-state index in [4.69, 9.17) is 28.4 Å². The van der Waals surface area contributed by atoms with Gasteiger partial charge in [-0.05, 0) is 164 Å². The van der Waals surface area contributed by atoms with Crippen LogP contribution in [0.5, 0.6) is 0 Å². The normalized spacial score (nSPS) is 12.3. The van der Waals surface area contributed by atoms with E-state index in [0.717, 1.165) is 19.6 Å². The van der Waals surface area contributed by atoms with E-state index in [9.17, 15) is 19.5 Å². The molecule has 67 heavy (non-hydrogen) atoms. The first-order chi connectivity index (χ1) is 29.4. The van der Waals surface area contributed by atoms with Crippen LogP contribution in [0.15, 0.2) is 0 Å². The van der Waals surface area contributed by atoms with Crippen molar-refractivity contribution in [1.29, 1.82) is 0 Å². The van der Waals surface area contributed by atoms with Crippen molar-refractivity contribution < 1.29 is 47.9 Å². The SMILES string of the molecule is C.CC(C)(C)CCCSCCCC(C)(C)C.CC(C)(C)NCCCOC(C)(C)C.CC(C)(C)OCC(O)COC(C)(C)C.CC(C)CC(=O)OC(C)C.CC(OC(=O)C(C)C)OC(=O)C(C)C. The van der Waals surface area contributed by atoms with Gasteiger partial charge in [-0.1, -0.05) is 90.5 Å². The highest BCUT2D eigenvalue weighted by Crippen LogP contribution is 2.24. The largest absolute Gasteiger partial charge is 0.463 e. The molecule has 0 fully saturated rings. The van der Waals surface area contributed by atoms with E-state index in [1.165, 1.54) is 44.1 Å². The molecule has 0 bridgehead atoms. The Hall–Kier alpha value is -1.44. The van der Waals surface area contributed by atoms with E-state index in [1.807, 2.05) is 69.2 Å². The molecule has 0 spiro atoms. The van der Waals surface area contributed by atoms with Crippen LogP contribution in [-0.4, -0.2) is 102 Å². The van der Waals surface area contributed by atoms with Gasteiger partial charge in [0.25, 0.3) is 0 Å². The highest BCUT2D eigenvalue weighted by Gasteiger charge is 2.19. The van der Waals surface area contributed by atoms with Crippen molar-refractivity contribution in [2.75, 3.05) is 37.9 Å². The molecule has 0 aromatic heterocycles. The molecule has 0 aromatic carbocycles. The Morgan fingerprint density at radius 3 is 1.16 bits per heavy atom. The molecule has 408 valence electrons. The van der Waals surface area contributed by atoms with Crippen LogP contribution < -0.4 is 5.32 Å². The molecule has 12 heteroatoms. The fourth-order valence-electron chi connectivity index (χ4n) is 4.43. The molecule has 0 unspecified atom stereocenters. The number of carbonyl (C=O) groups is 3. The molecule has 0 aromatic rings. The van der Waals surface area contributed by atoms with Crippen molar-refractivity contribution >= 4 is 29.7 Å². The van der Waals surface area contributed by atoms with Crippen LogP contribution in [-0.2, 0) is 42.8 Å². The Morgan fingerprint density at radius 1 is 0.537 bits per heavy atom. The summed E-state index contributed by atoms with van der Waals surface area (Å²) in [6.45, 7) is 57.2. The molecular formula is C55H117NO10S. The third-order valence-electron chi connectivity index (χ3n) is 7.81. The lowest BCUT2D eigenvalue weighted by Gasteiger charge is -2.25. The molecule has 0 radical (unpaired) electrons. The Labute approximate surface area is 421 Å². The standard InChI is InChI=1S/C14H30S.C11H25NO.C11H24O3.C10H18O4.C8H16O2.CH4/c1-13(2,3)9-7-11-15-12-8-10-14(4,5)6;1-10(2,3)12-8-7-9-13-11(4,5)6;1-10(2,3)13-7-9(12)8-14-11(4,5)6;1-6(2)9(11)13-8(5)14-10(12)7(3)4;1-6(2)5-8(9)10-7(3)4;/h7-12H2,1-6H3;12H,7-9H2,1-6H3;9,12H,7-8H2,1-6H3;6-8H,1-5H3;6-7H,5H2,1-4H3;1H4. The predicted molar refractivity (Wildman–Crippen MR) is 289 cm³/mol. The first-order valence-electron chi connectivity index (χ1n) is 24.9. The number of ether oxygens (including phenoxy) is 6. The van der Waals surface area contributed by atoms with Gasteiger partial charge in [-0.3, -0.25) is 14.4 Å². The van der Waals surface area contributed by atoms with Gasteiger partial charge in [0.15, 0.2) is 0 Å². The first kappa shape index (κ1) is 77.0. The van der Waals surface area contributed by atoms with Crippen molar-refractivity contribution in [1.82, 2.24) is 5.32 Å². The van der Waals surface area contributed by atoms with Crippen molar-refractivity contribution in [2.45, 2.75) is 274 Å². The third kappa shape index (κ3) is 79.0. The Bertz CT molecular complexity index is 1090. The van der Waals surface area contributed by atoms with Crippen LogP contribution in [0.25, 0.3) is 0 Å². The maximum Gasteiger partial charge on any atom is 0.311 e. The maximum absolute atomic E-state index is 11.1. The Kier molecular flexibility index (Phi) is 45.1. The fraction of sp³-hybridized carbons (Fsp3) is 0.945. The van der Waals surface area contributed by atoms with Crippen LogP contribution in [0.1, 0.15) is 233 Å². The highest BCUT2D eigenvalue weighted by atomic mass is 32.2. The number of hydrogen-bond donors (Lipinski definition) is 2. The van der Waals surface area contributed by atoms with Crippen molar-refractivity contribution in [2.24, 2.45) is 28.6 Å². The summed E-state index contributed by atoms with van der Waals surface area (Å²) < 4.78 is 31.1. The smallest absolute Gasteiger partial charge is 0.311 e. The molecule has 2 N–H and O–H groups in total. The molecule has 0 aliphatic carbocycles. The maximum atomic E-state index is 11.1. The Balaban J connectivity index is -0.000000174. The van der Waals surface area contributed by atoms with E-state index < -0.39 is 12.4 Å². The van der Waals surface area contributed by atoms with Crippen LogP contribution >= 0.6 is 11.8 Å². The first-order valence-corrected chi connectivity index (χ1v) is 26.1. The van der Waals surface area contributed by atoms with Crippen LogP contribution in [0.2, 0.25) is 0 Å². The van der Waals surface area contributed by atoms with Crippen LogP contribution in [0.3, 0.4) is 0 Å². The lowest BCUT2D eigenvalue weighted by molar-refractivity contribution is -0.188. The summed E-state index contributed by atoms with van der Waals surface area (Å²) in [4.78, 5) is 33.0. The summed E-state index contributed by atoms with van der Waals surface area (Å²) in [6, 6.07) is 0. The zero-order chi connectivity index (χ0) is 53.3. The monoisotopic (exact) mass is 984 g/mol. The predicted octanol–water partition coefficient (Wildman–Crippen LogP) is 14.3. The summed E-state index contributed by atoms with van der Waals surface area (Å²) in [5.74, 6) is 1.84. The number of hydrogen-bond acceptors (Lipinski definition) is 12. The summed E-state index contributed by atoms with van der Waals surface area (Å²) in [5.41, 5.74) is 0.854. The topological polar surface area (TPSA) is 139 Å². The second-order valence-corrected chi connectivity index (χ2v) is 26.0. The average molecular weight is 985 g/mol. The number of esters is 3. The van der Waals surface area contributed by atoms with E-state index in [0.29, 0.717) is 36.4 Å². The molecule has 0 atom stereocenters. The van der Waals surface area contributed by atoms with Gasteiger partial charge in [0.1, 0.15) is 6.10 Å². The lowest BCUT2D eigenvalue weighted by atomic mass is 9.91. The van der Waals surface area contributed by atoms with Crippen molar-refractivity contribution in [3.8, 4) is 0 Å². The molecule has 0 rings (SSSR count). The van der Waals surface area contributed by atoms with Gasteiger partial charge < -0.3 is 38.8 Å². The van der Waals surface area contributed by atoms with Gasteiger partial charge in [-0.25, -0.2) is 0 Å². The van der Waals surface area contributed by atoms with E-state index in [2.05, 4.69) is 100 Å². The minimum Gasteiger partial charge on any atom is -0.463 e. The lowest BCUT2D eigenvalue weighted by Crippen LogP contribution is -2.37. The molecule has 0 amide bonds. The molecule has 0 heterocycles. The second kappa shape index (κ2) is 39.2. The zero-order valence-electron chi connectivity index (χ0n) is 48.5. The number of nitrogens with one attached hydrogen (secondary N) is 1. The van der Waals surface area contributed by atoms with E-state index >= 15 is 0 Å². The molecule has 0 saturated heterocycles. The van der Waals surface area contributed by atoms with Crippen molar-refractivity contribution in [3.63, 3.8) is 0 Å². The minimum atomic E-state index is -0.806. The second-order valence-electron chi connectivity index (χ2n) is 24.8. The molecule has 0 saturated carbocycles. The summed E-state index contributed by atoms with van der Waals surface area (Å²) in [5, 5.41) is 13.0. The van der Waals surface area contributed by atoms with E-state index in [1.54, 1.807) is 27.7 Å². The van der Waals surface area contributed by atoms with Gasteiger partial charge in [-0.15, -0.1) is 0 Å². The fourth-order valence-corrected chi connectivity index (χ4v) is 5.33. The summed E-state index contributed by atoms with van der Waals surface area (Å²) in [7, 11) is 0. The quantitative estimate of drug-likeness (QED) is 0.0643. The third-order valence-corrected chi connectivity index (χ3v) is 8.96. The van der Waals surface area contributed by atoms with Crippen molar-refractivity contribution in [3.05, 3.63) is 0 Å². The molecule has 0 aliphatic heterocycles. The molecule has 11 nitrogen and oxygen atoms in total.